The normalized spacial score (nSPS) is 9.43. The summed E-state index contributed by atoms with van der Waals surface area (Å²) >= 11 is 0. The zero-order valence-electron chi connectivity index (χ0n) is 29.5. The monoisotopic (exact) mass is 738 g/mol. The molecule has 0 saturated carbocycles. The molecule has 53 heavy (non-hydrogen) atoms. The standard InChI is InChI=1S/4C10H9NO.2Al.3O/c4*1-7-5-6-8-3-2-4-9(12)10(8)11-7;;;;;/h4*2-6,12H,1H3;;;;;/q;;;;2*+3;3*-2. The fraction of sp³-hybridized carbons (Fsp3) is 0.100. The quantitative estimate of drug-likeness (QED) is 0.112. The topological polar surface area (TPSA) is 218 Å². The molecule has 4 N–H and O–H groups in total. The van der Waals surface area contributed by atoms with E-state index in [4.69, 9.17) is 0 Å². The fourth-order valence-electron chi connectivity index (χ4n) is 4.92. The summed E-state index contributed by atoms with van der Waals surface area (Å²) < 4.78 is 0. The molecule has 0 fully saturated rings. The molecule has 4 heterocycles. The SMILES string of the molecule is Cc1ccc2cccc(O)c2n1.Cc1ccc2cccc(O)c2n1.Cc1ccc2cccc(O)c2n1.Cc1ccc2cccc(O)c2n1.[Al+3].[Al+3].[O-2].[O-2].[O-2]. The van der Waals surface area contributed by atoms with Gasteiger partial charge in [-0.2, -0.15) is 0 Å². The van der Waals surface area contributed by atoms with Gasteiger partial charge in [-0.25, -0.2) is 19.9 Å². The van der Waals surface area contributed by atoms with Gasteiger partial charge in [0.15, 0.2) is 0 Å². The number of aryl methyl sites for hydroxylation is 4. The van der Waals surface area contributed by atoms with E-state index in [1.54, 1.807) is 24.3 Å². The predicted molar refractivity (Wildman–Crippen MR) is 206 cm³/mol. The van der Waals surface area contributed by atoms with Crippen molar-refractivity contribution in [2.75, 3.05) is 0 Å². The molecule has 0 aliphatic rings. The maximum Gasteiger partial charge on any atom is 3.00 e. The molecule has 0 atom stereocenters. The van der Waals surface area contributed by atoms with Gasteiger partial charge < -0.3 is 36.9 Å². The van der Waals surface area contributed by atoms with Crippen LogP contribution in [-0.4, -0.2) is 75.1 Å². The van der Waals surface area contributed by atoms with Crippen molar-refractivity contribution >= 4 is 78.3 Å². The summed E-state index contributed by atoms with van der Waals surface area (Å²) in [6.07, 6.45) is 0. The second-order valence-electron chi connectivity index (χ2n) is 11.2. The van der Waals surface area contributed by atoms with Crippen molar-refractivity contribution in [1.29, 1.82) is 0 Å². The van der Waals surface area contributed by atoms with E-state index in [1.165, 1.54) is 0 Å². The van der Waals surface area contributed by atoms with Gasteiger partial charge in [0.25, 0.3) is 0 Å². The van der Waals surface area contributed by atoms with Crippen LogP contribution in [0.3, 0.4) is 0 Å². The molecule has 0 saturated heterocycles. The molecule has 0 radical (unpaired) electrons. The van der Waals surface area contributed by atoms with Crippen LogP contribution in [0.25, 0.3) is 43.6 Å². The van der Waals surface area contributed by atoms with E-state index in [9.17, 15) is 20.4 Å². The summed E-state index contributed by atoms with van der Waals surface area (Å²) in [7, 11) is 0. The van der Waals surface area contributed by atoms with Crippen LogP contribution in [0, 0.1) is 27.7 Å². The van der Waals surface area contributed by atoms with Gasteiger partial charge in [-0.3, -0.25) is 0 Å². The third-order valence-electron chi connectivity index (χ3n) is 7.35. The van der Waals surface area contributed by atoms with Crippen molar-refractivity contribution in [2.24, 2.45) is 0 Å². The molecule has 264 valence electrons. The van der Waals surface area contributed by atoms with Gasteiger partial charge in [-0.15, -0.1) is 0 Å². The first-order chi connectivity index (χ1) is 23.1. The Labute approximate surface area is 328 Å². The molecule has 4 aromatic carbocycles. The van der Waals surface area contributed by atoms with Gasteiger partial charge in [-0.1, -0.05) is 72.8 Å². The molecule has 8 rings (SSSR count). The average Bonchev–Trinajstić information content (AvgIpc) is 3.07. The Morgan fingerprint density at radius 2 is 0.491 bits per heavy atom. The number of phenolic OH excluding ortho intramolecular Hbond substituents is 4. The minimum Gasteiger partial charge on any atom is -2.00 e. The summed E-state index contributed by atoms with van der Waals surface area (Å²) in [5.74, 6) is 0.986. The van der Waals surface area contributed by atoms with Gasteiger partial charge in [0.2, 0.25) is 0 Å². The molecule has 4 aromatic heterocycles. The van der Waals surface area contributed by atoms with E-state index >= 15 is 0 Å². The number of hydrogen-bond donors (Lipinski definition) is 4. The Hall–Kier alpha value is -5.34. The number of aromatic nitrogens is 4. The van der Waals surface area contributed by atoms with Crippen molar-refractivity contribution in [1.82, 2.24) is 19.9 Å². The maximum absolute atomic E-state index is 9.43. The van der Waals surface area contributed by atoms with E-state index in [0.29, 0.717) is 22.1 Å². The third kappa shape index (κ3) is 12.4. The van der Waals surface area contributed by atoms with E-state index < -0.39 is 0 Å². The fourth-order valence-corrected chi connectivity index (χ4v) is 4.92. The molecule has 0 spiro atoms. The first-order valence-electron chi connectivity index (χ1n) is 15.3. The average molecular weight is 739 g/mol. The second-order valence-corrected chi connectivity index (χ2v) is 11.2. The van der Waals surface area contributed by atoms with Gasteiger partial charge in [0, 0.05) is 44.3 Å². The number of benzene rings is 4. The molecule has 0 unspecified atom stereocenters. The van der Waals surface area contributed by atoms with E-state index in [1.807, 2.05) is 125 Å². The third-order valence-corrected chi connectivity index (χ3v) is 7.35. The van der Waals surface area contributed by atoms with Crippen LogP contribution in [0.4, 0.5) is 0 Å². The summed E-state index contributed by atoms with van der Waals surface area (Å²) in [6.45, 7) is 7.63. The summed E-state index contributed by atoms with van der Waals surface area (Å²) in [4.78, 5) is 16.9. The molecule has 0 aliphatic carbocycles. The Kier molecular flexibility index (Phi) is 19.7. The first kappa shape index (κ1) is 47.7. The minimum absolute atomic E-state index is 0. The van der Waals surface area contributed by atoms with Crippen LogP contribution in [0.2, 0.25) is 0 Å². The molecule has 13 heteroatoms. The summed E-state index contributed by atoms with van der Waals surface area (Å²) in [5.41, 5.74) is 6.39. The van der Waals surface area contributed by atoms with Crippen LogP contribution in [0.15, 0.2) is 121 Å². The zero-order chi connectivity index (χ0) is 34.2. The minimum atomic E-state index is 0. The van der Waals surface area contributed by atoms with Crippen LogP contribution in [0.1, 0.15) is 22.8 Å². The molecular formula is C40H36Al2N4O7. The maximum atomic E-state index is 9.43. The van der Waals surface area contributed by atoms with Gasteiger partial charge in [0.1, 0.15) is 45.1 Å². The number of nitrogens with zero attached hydrogens (tertiary/aromatic N) is 4. The van der Waals surface area contributed by atoms with Crippen molar-refractivity contribution in [3.05, 3.63) is 144 Å². The number of para-hydroxylation sites is 4. The Balaban J connectivity index is 0.000000660. The second kappa shape index (κ2) is 21.9. The number of phenols is 4. The van der Waals surface area contributed by atoms with Crippen molar-refractivity contribution < 1.29 is 36.9 Å². The number of pyridine rings is 4. The summed E-state index contributed by atoms with van der Waals surface area (Å²) in [5, 5.41) is 41.6. The predicted octanol–water partition coefficient (Wildman–Crippen LogP) is 7.88. The van der Waals surface area contributed by atoms with Crippen molar-refractivity contribution in [2.45, 2.75) is 27.7 Å². The number of hydrogen-bond acceptors (Lipinski definition) is 8. The molecular weight excluding hydrogens is 702 g/mol. The van der Waals surface area contributed by atoms with Gasteiger partial charge >= 0.3 is 34.7 Å². The van der Waals surface area contributed by atoms with E-state index in [2.05, 4.69) is 19.9 Å². The summed E-state index contributed by atoms with van der Waals surface area (Å²) in [6, 6.07) is 37.1. The number of rotatable bonds is 0. The van der Waals surface area contributed by atoms with E-state index in [-0.39, 0.29) is 74.1 Å². The smallest absolute Gasteiger partial charge is 2.00 e. The zero-order valence-corrected chi connectivity index (χ0v) is 31.8. The molecule has 11 nitrogen and oxygen atoms in total. The molecule has 0 amide bonds. The molecule has 0 bridgehead atoms. The number of fused-ring (bicyclic) bond motifs is 4. The van der Waals surface area contributed by atoms with Crippen molar-refractivity contribution in [3.8, 4) is 23.0 Å². The largest absolute Gasteiger partial charge is 3.00 e. The molecule has 8 aromatic rings. The van der Waals surface area contributed by atoms with Gasteiger partial charge in [-0.05, 0) is 76.2 Å². The Morgan fingerprint density at radius 3 is 0.679 bits per heavy atom. The number of aromatic hydroxyl groups is 4. The van der Waals surface area contributed by atoms with Gasteiger partial charge in [0.05, 0.1) is 0 Å². The van der Waals surface area contributed by atoms with Crippen molar-refractivity contribution in [3.63, 3.8) is 0 Å². The van der Waals surface area contributed by atoms with Crippen LogP contribution in [0.5, 0.6) is 23.0 Å². The van der Waals surface area contributed by atoms with Crippen LogP contribution >= 0.6 is 0 Å². The molecule has 0 aliphatic heterocycles. The van der Waals surface area contributed by atoms with E-state index in [0.717, 1.165) is 44.3 Å². The van der Waals surface area contributed by atoms with Crippen LogP contribution in [-0.2, 0) is 16.4 Å². The van der Waals surface area contributed by atoms with Crippen LogP contribution < -0.4 is 0 Å². The Morgan fingerprint density at radius 1 is 0.302 bits per heavy atom. The first-order valence-corrected chi connectivity index (χ1v) is 15.3. The Bertz CT molecular complexity index is 2050.